The van der Waals surface area contributed by atoms with E-state index in [1.54, 1.807) is 0 Å². The number of phenolic OH excluding ortho intramolecular Hbond substituents is 6. The highest BCUT2D eigenvalue weighted by atomic mass is 16.5. The van der Waals surface area contributed by atoms with Crippen LogP contribution in [0, 0.1) is 0 Å². The number of carbonyl (C=O) groups is 1. The van der Waals surface area contributed by atoms with E-state index in [0.717, 1.165) is 6.08 Å². The average molecular weight is 480 g/mol. The van der Waals surface area contributed by atoms with Crippen molar-refractivity contribution in [3.8, 4) is 34.5 Å². The second kappa shape index (κ2) is 11.0. The van der Waals surface area contributed by atoms with Gasteiger partial charge in [0.25, 0.3) is 0 Å². The summed E-state index contributed by atoms with van der Waals surface area (Å²) in [5, 5.41) is 67.8. The number of aromatic hydroxyl groups is 6. The fourth-order valence-electron chi connectivity index (χ4n) is 3.22. The number of aliphatic hydroxyl groups is 1. The van der Waals surface area contributed by atoms with Gasteiger partial charge in [-0.3, -0.25) is 0 Å². The normalized spacial score (nSPS) is 12.3. The highest BCUT2D eigenvalue weighted by Crippen LogP contribution is 2.34. The number of rotatable bonds is 8. The van der Waals surface area contributed by atoms with E-state index >= 15 is 0 Å². The van der Waals surface area contributed by atoms with Gasteiger partial charge in [-0.05, 0) is 59.2 Å². The van der Waals surface area contributed by atoms with Crippen LogP contribution < -0.4 is 0 Å². The third kappa shape index (κ3) is 6.46. The summed E-state index contributed by atoms with van der Waals surface area (Å²) in [6, 6.07) is 11.0. The van der Waals surface area contributed by atoms with Crippen LogP contribution >= 0.6 is 0 Å². The average Bonchev–Trinajstić information content (AvgIpc) is 2.83. The molecule has 3 aromatic rings. The Kier molecular flexibility index (Phi) is 7.85. The molecule has 0 unspecified atom stereocenters. The zero-order chi connectivity index (χ0) is 25.5. The monoisotopic (exact) mass is 480 g/mol. The molecule has 3 rings (SSSR count). The minimum Gasteiger partial charge on any atom is -0.504 e. The Balaban J connectivity index is 1.76. The van der Waals surface area contributed by atoms with Crippen LogP contribution in [-0.2, 0) is 16.0 Å². The maximum absolute atomic E-state index is 12.3. The topological polar surface area (TPSA) is 168 Å². The van der Waals surface area contributed by atoms with E-state index in [9.17, 15) is 40.5 Å². The molecule has 0 aromatic heterocycles. The molecule has 0 saturated carbocycles. The van der Waals surface area contributed by atoms with Crippen LogP contribution in [-0.4, -0.2) is 54.4 Å². The maximum atomic E-state index is 12.3. The molecule has 0 spiro atoms. The fraction of sp³-hybridized carbons (Fsp3) is 0.115. The third-order valence-electron chi connectivity index (χ3n) is 5.06. The first kappa shape index (κ1) is 25.0. The summed E-state index contributed by atoms with van der Waals surface area (Å²) < 4.78 is 5.24. The van der Waals surface area contributed by atoms with E-state index in [1.165, 1.54) is 66.8 Å². The van der Waals surface area contributed by atoms with Crippen LogP contribution in [0.1, 0.15) is 22.3 Å². The molecule has 0 amide bonds. The molecule has 7 N–H and O–H groups in total. The molecule has 0 saturated heterocycles. The lowest BCUT2D eigenvalue weighted by Crippen LogP contribution is -2.23. The summed E-state index contributed by atoms with van der Waals surface area (Å²) >= 11 is 0. The molecule has 182 valence electrons. The van der Waals surface area contributed by atoms with Crippen molar-refractivity contribution in [2.45, 2.75) is 12.5 Å². The first-order valence-corrected chi connectivity index (χ1v) is 10.4. The Morgan fingerprint density at radius 3 is 2.09 bits per heavy atom. The third-order valence-corrected chi connectivity index (χ3v) is 5.06. The van der Waals surface area contributed by atoms with Crippen molar-refractivity contribution in [1.29, 1.82) is 0 Å². The van der Waals surface area contributed by atoms with E-state index in [0.29, 0.717) is 16.7 Å². The van der Waals surface area contributed by atoms with Crippen LogP contribution in [0.3, 0.4) is 0 Å². The van der Waals surface area contributed by atoms with Gasteiger partial charge in [0.05, 0.1) is 6.61 Å². The zero-order valence-electron chi connectivity index (χ0n) is 18.4. The van der Waals surface area contributed by atoms with E-state index in [-0.39, 0.29) is 40.7 Å². The number of carbonyl (C=O) groups excluding carboxylic acids is 1. The standard InChI is InChI=1S/C26H24O9/c27-14-18(11-16-3-8-21(29)24(32)13-16)35-25(33)10-5-17-4-9-22(30)26(34)19(17)6-1-15-2-7-20(28)23(31)12-15/h1-10,12-13,18,27-32,34H,11,14H2/b6-1+,10-5+/t18-/m1/s1. The Hall–Kier alpha value is -4.63. The first-order valence-electron chi connectivity index (χ1n) is 10.4. The van der Waals surface area contributed by atoms with Gasteiger partial charge < -0.3 is 40.5 Å². The van der Waals surface area contributed by atoms with Crippen molar-refractivity contribution >= 4 is 24.2 Å². The smallest absolute Gasteiger partial charge is 0.331 e. The predicted octanol–water partition coefficient (Wildman–Crippen LogP) is 3.25. The molecule has 0 heterocycles. The molecule has 9 nitrogen and oxygen atoms in total. The molecule has 1 atom stereocenters. The van der Waals surface area contributed by atoms with Crippen LogP contribution in [0.15, 0.2) is 54.6 Å². The summed E-state index contributed by atoms with van der Waals surface area (Å²) in [5.74, 6) is -2.82. The summed E-state index contributed by atoms with van der Waals surface area (Å²) in [6.07, 6.45) is 4.61. The van der Waals surface area contributed by atoms with Crippen molar-refractivity contribution in [2.75, 3.05) is 6.61 Å². The SMILES string of the molecule is O=C(/C=C/c1ccc(O)c(O)c1/C=C/c1ccc(O)c(O)c1)O[C@@H](CO)Cc1ccc(O)c(O)c1. The van der Waals surface area contributed by atoms with Crippen LogP contribution in [0.4, 0.5) is 0 Å². The molecule has 0 bridgehead atoms. The number of hydrogen-bond donors (Lipinski definition) is 7. The molecule has 0 fully saturated rings. The lowest BCUT2D eigenvalue weighted by molar-refractivity contribution is -0.144. The molecule has 0 radical (unpaired) electrons. The number of phenols is 6. The fourth-order valence-corrected chi connectivity index (χ4v) is 3.22. The number of esters is 1. The minimum absolute atomic E-state index is 0.0946. The maximum Gasteiger partial charge on any atom is 0.331 e. The van der Waals surface area contributed by atoms with Gasteiger partial charge in [-0.15, -0.1) is 0 Å². The lowest BCUT2D eigenvalue weighted by atomic mass is 10.0. The van der Waals surface area contributed by atoms with Gasteiger partial charge in [0.2, 0.25) is 0 Å². The second-order valence-corrected chi connectivity index (χ2v) is 7.62. The van der Waals surface area contributed by atoms with E-state index in [4.69, 9.17) is 4.74 Å². The largest absolute Gasteiger partial charge is 0.504 e. The van der Waals surface area contributed by atoms with Gasteiger partial charge in [-0.25, -0.2) is 4.79 Å². The Morgan fingerprint density at radius 2 is 1.43 bits per heavy atom. The zero-order valence-corrected chi connectivity index (χ0v) is 18.4. The molecule has 0 aliphatic carbocycles. The van der Waals surface area contributed by atoms with Gasteiger partial charge in [0.1, 0.15) is 6.10 Å². The summed E-state index contributed by atoms with van der Waals surface area (Å²) in [5.41, 5.74) is 1.58. The summed E-state index contributed by atoms with van der Waals surface area (Å²) in [6.45, 7) is -0.478. The van der Waals surface area contributed by atoms with Gasteiger partial charge in [0.15, 0.2) is 34.5 Å². The van der Waals surface area contributed by atoms with Crippen LogP contribution in [0.5, 0.6) is 34.5 Å². The molecule has 0 aliphatic rings. The van der Waals surface area contributed by atoms with Crippen molar-refractivity contribution in [1.82, 2.24) is 0 Å². The molecule has 35 heavy (non-hydrogen) atoms. The highest BCUT2D eigenvalue weighted by Gasteiger charge is 2.15. The molecule has 9 heteroatoms. The van der Waals surface area contributed by atoms with Gasteiger partial charge in [0, 0.05) is 18.1 Å². The molecular formula is C26H24O9. The second-order valence-electron chi connectivity index (χ2n) is 7.62. The molecule has 3 aromatic carbocycles. The van der Waals surface area contributed by atoms with Gasteiger partial charge in [-0.2, -0.15) is 0 Å². The molecular weight excluding hydrogens is 456 g/mol. The first-order chi connectivity index (χ1) is 16.7. The minimum atomic E-state index is -0.911. The van der Waals surface area contributed by atoms with Crippen molar-refractivity contribution in [2.24, 2.45) is 0 Å². The van der Waals surface area contributed by atoms with E-state index < -0.39 is 24.4 Å². The van der Waals surface area contributed by atoms with Crippen LogP contribution in [0.2, 0.25) is 0 Å². The van der Waals surface area contributed by atoms with E-state index in [2.05, 4.69) is 0 Å². The Bertz CT molecular complexity index is 1280. The summed E-state index contributed by atoms with van der Waals surface area (Å²) in [7, 11) is 0. The Labute approximate surface area is 200 Å². The molecule has 0 aliphatic heterocycles. The number of benzene rings is 3. The van der Waals surface area contributed by atoms with Crippen LogP contribution in [0.25, 0.3) is 18.2 Å². The van der Waals surface area contributed by atoms with Gasteiger partial charge in [-0.1, -0.05) is 24.3 Å². The van der Waals surface area contributed by atoms with Crippen molar-refractivity contribution in [3.63, 3.8) is 0 Å². The lowest BCUT2D eigenvalue weighted by Gasteiger charge is -2.15. The highest BCUT2D eigenvalue weighted by molar-refractivity contribution is 5.89. The van der Waals surface area contributed by atoms with Crippen molar-refractivity contribution in [3.05, 3.63) is 76.9 Å². The summed E-state index contributed by atoms with van der Waals surface area (Å²) in [4.78, 5) is 12.3. The van der Waals surface area contributed by atoms with E-state index in [1.807, 2.05) is 0 Å². The quantitative estimate of drug-likeness (QED) is 0.111. The van der Waals surface area contributed by atoms with Gasteiger partial charge >= 0.3 is 5.97 Å². The Morgan fingerprint density at radius 1 is 0.771 bits per heavy atom. The number of aliphatic hydroxyl groups excluding tert-OH is 1. The number of ether oxygens (including phenoxy) is 1. The van der Waals surface area contributed by atoms with Crippen molar-refractivity contribution < 1.29 is 45.3 Å². The predicted molar refractivity (Wildman–Crippen MR) is 128 cm³/mol. The number of hydrogen-bond acceptors (Lipinski definition) is 9.